The van der Waals surface area contributed by atoms with Gasteiger partial charge in [0, 0.05) is 35.5 Å². The molecule has 0 aliphatic carbocycles. The number of hydrogen-bond acceptors (Lipinski definition) is 7. The van der Waals surface area contributed by atoms with Crippen molar-refractivity contribution in [3.05, 3.63) is 0 Å². The number of aliphatic hydroxyl groups excluding tert-OH is 1. The van der Waals surface area contributed by atoms with E-state index in [4.69, 9.17) is 10.2 Å². The van der Waals surface area contributed by atoms with Gasteiger partial charge >= 0.3 is 6.16 Å². The molecule has 16 heavy (non-hydrogen) atoms. The molecule has 1 unspecified atom stereocenters. The minimum absolute atomic E-state index is 0. The molecular formula is C8H24O8. The van der Waals surface area contributed by atoms with Gasteiger partial charge in [-0.2, -0.15) is 0 Å². The molecule has 1 atom stereocenters. The Hall–Kier alpha value is -0.320. The fraction of sp³-hybridized carbons (Fsp3) is 1.00. The van der Waals surface area contributed by atoms with Crippen LogP contribution < -0.4 is 0 Å². The molecule has 0 aliphatic rings. The van der Waals surface area contributed by atoms with Gasteiger partial charge in [-0.3, -0.25) is 0 Å². The third-order valence-corrected chi connectivity index (χ3v) is 0.967. The Balaban J connectivity index is -0.000000129. The Morgan fingerprint density at radius 1 is 1.00 bits per heavy atom. The SMILES string of the molecule is C.COC.COC(O)OC(O)(OC)OC.O. The zero-order valence-corrected chi connectivity index (χ0v) is 9.51. The Kier molecular flexibility index (Phi) is 22.7. The van der Waals surface area contributed by atoms with E-state index < -0.39 is 12.6 Å². The zero-order chi connectivity index (χ0) is 11.6. The molecule has 104 valence electrons. The largest absolute Gasteiger partial charge is 0.413 e. The first-order chi connectivity index (χ1) is 6.49. The second-order valence-electron chi connectivity index (χ2n) is 2.00. The normalized spacial score (nSPS) is 11.4. The van der Waals surface area contributed by atoms with Crippen LogP contribution in [0.25, 0.3) is 0 Å². The second kappa shape index (κ2) is 14.7. The van der Waals surface area contributed by atoms with E-state index in [1.807, 2.05) is 0 Å². The van der Waals surface area contributed by atoms with E-state index >= 15 is 0 Å². The minimum Gasteiger partial charge on any atom is -0.412 e. The predicted molar refractivity (Wildman–Crippen MR) is 56.3 cm³/mol. The third kappa shape index (κ3) is 13.7. The molecule has 0 saturated heterocycles. The first-order valence-corrected chi connectivity index (χ1v) is 3.61. The lowest BCUT2D eigenvalue weighted by atomic mass is 11.0. The fourth-order valence-electron chi connectivity index (χ4n) is 0.355. The number of ether oxygens (including phenoxy) is 5. The van der Waals surface area contributed by atoms with Crippen molar-refractivity contribution >= 4 is 0 Å². The highest BCUT2D eigenvalue weighted by Crippen LogP contribution is 2.10. The van der Waals surface area contributed by atoms with Gasteiger partial charge in [-0.05, 0) is 0 Å². The Labute approximate surface area is 95.9 Å². The van der Waals surface area contributed by atoms with Crippen LogP contribution in [-0.2, 0) is 23.7 Å². The number of hydrogen-bond donors (Lipinski definition) is 2. The number of rotatable bonds is 5. The predicted octanol–water partition coefficient (Wildman–Crippen LogP) is -1.10. The van der Waals surface area contributed by atoms with Crippen molar-refractivity contribution in [3.8, 4) is 0 Å². The summed E-state index contributed by atoms with van der Waals surface area (Å²) >= 11 is 0. The summed E-state index contributed by atoms with van der Waals surface area (Å²) in [6.45, 7) is -1.60. The van der Waals surface area contributed by atoms with Gasteiger partial charge in [0.05, 0.1) is 0 Å². The molecule has 0 heterocycles. The van der Waals surface area contributed by atoms with Crippen LogP contribution in [0.2, 0.25) is 0 Å². The summed E-state index contributed by atoms with van der Waals surface area (Å²) in [6, 6.07) is 0. The highest BCUT2D eigenvalue weighted by Gasteiger charge is 2.31. The van der Waals surface area contributed by atoms with Crippen LogP contribution >= 0.6 is 0 Å². The summed E-state index contributed by atoms with van der Waals surface area (Å²) < 4.78 is 21.5. The highest BCUT2D eigenvalue weighted by molar-refractivity contribution is 4.29. The Bertz CT molecular complexity index is 117. The molecule has 0 aliphatic heterocycles. The van der Waals surface area contributed by atoms with Crippen molar-refractivity contribution in [2.75, 3.05) is 35.5 Å². The lowest BCUT2D eigenvalue weighted by Gasteiger charge is -2.24. The molecule has 0 fully saturated rings. The lowest BCUT2D eigenvalue weighted by molar-refractivity contribution is -0.519. The standard InChI is InChI=1S/C5H12O6.C2H6O.CH4.H2O/c1-8-4(6)11-5(7,9-2)10-3;1-3-2;;/h4,6-7H,1-3H3;1-2H3;1H4;1H2. The summed E-state index contributed by atoms with van der Waals surface area (Å²) in [5.41, 5.74) is 0. The molecule has 8 heteroatoms. The molecule has 0 aromatic heterocycles. The van der Waals surface area contributed by atoms with Crippen LogP contribution in [0.15, 0.2) is 0 Å². The van der Waals surface area contributed by atoms with E-state index in [1.165, 1.54) is 7.11 Å². The van der Waals surface area contributed by atoms with Crippen molar-refractivity contribution in [3.63, 3.8) is 0 Å². The summed E-state index contributed by atoms with van der Waals surface area (Å²) in [4.78, 5) is 0. The molecule has 4 N–H and O–H groups in total. The van der Waals surface area contributed by atoms with Crippen LogP contribution in [0.4, 0.5) is 0 Å². The van der Waals surface area contributed by atoms with Crippen molar-refractivity contribution in [2.45, 2.75) is 20.1 Å². The van der Waals surface area contributed by atoms with Gasteiger partial charge in [-0.25, -0.2) is 4.74 Å². The topological polar surface area (TPSA) is 118 Å². The highest BCUT2D eigenvalue weighted by atomic mass is 17.0. The van der Waals surface area contributed by atoms with E-state index in [-0.39, 0.29) is 12.9 Å². The summed E-state index contributed by atoms with van der Waals surface area (Å²) in [6.07, 6.45) is -2.27. The fourth-order valence-corrected chi connectivity index (χ4v) is 0.355. The van der Waals surface area contributed by atoms with E-state index in [1.54, 1.807) is 14.2 Å². The van der Waals surface area contributed by atoms with Gasteiger partial charge in [0.15, 0.2) is 0 Å². The molecule has 0 bridgehead atoms. The monoisotopic (exact) mass is 248 g/mol. The van der Waals surface area contributed by atoms with Crippen molar-refractivity contribution in [1.82, 2.24) is 0 Å². The summed E-state index contributed by atoms with van der Waals surface area (Å²) in [7, 11) is 6.73. The summed E-state index contributed by atoms with van der Waals surface area (Å²) in [5.74, 6) is 0. The Morgan fingerprint density at radius 3 is 1.50 bits per heavy atom. The second-order valence-corrected chi connectivity index (χ2v) is 2.00. The van der Waals surface area contributed by atoms with Gasteiger partial charge in [0.2, 0.25) is 0 Å². The van der Waals surface area contributed by atoms with Crippen molar-refractivity contribution in [1.29, 1.82) is 0 Å². The van der Waals surface area contributed by atoms with Gasteiger partial charge in [0.1, 0.15) is 0 Å². The molecule has 0 radical (unpaired) electrons. The first-order valence-electron chi connectivity index (χ1n) is 3.61. The van der Waals surface area contributed by atoms with Crippen LogP contribution in [0.1, 0.15) is 7.43 Å². The summed E-state index contributed by atoms with van der Waals surface area (Å²) in [5, 5.41) is 17.7. The molecule has 0 amide bonds. The van der Waals surface area contributed by atoms with Crippen LogP contribution in [-0.4, -0.2) is 63.9 Å². The van der Waals surface area contributed by atoms with Crippen molar-refractivity contribution < 1.29 is 39.4 Å². The van der Waals surface area contributed by atoms with E-state index in [9.17, 15) is 0 Å². The Morgan fingerprint density at radius 2 is 1.31 bits per heavy atom. The zero-order valence-electron chi connectivity index (χ0n) is 9.51. The van der Waals surface area contributed by atoms with E-state index in [0.717, 1.165) is 14.2 Å². The molecule has 0 saturated carbocycles. The van der Waals surface area contributed by atoms with E-state index in [2.05, 4.69) is 23.7 Å². The molecule has 0 aromatic carbocycles. The van der Waals surface area contributed by atoms with Crippen LogP contribution in [0.5, 0.6) is 0 Å². The number of aliphatic hydroxyl groups is 2. The maximum atomic E-state index is 9.02. The minimum atomic E-state index is -2.27. The average Bonchev–Trinajstić information content (AvgIpc) is 2.18. The molecule has 8 nitrogen and oxygen atoms in total. The quantitative estimate of drug-likeness (QED) is 0.592. The first kappa shape index (κ1) is 24.8. The molecule has 0 rings (SSSR count). The maximum Gasteiger partial charge on any atom is 0.413 e. The van der Waals surface area contributed by atoms with E-state index in [0.29, 0.717) is 0 Å². The van der Waals surface area contributed by atoms with Gasteiger partial charge in [0.25, 0.3) is 6.48 Å². The number of methoxy groups -OCH3 is 4. The van der Waals surface area contributed by atoms with Gasteiger partial charge in [-0.1, -0.05) is 7.43 Å². The molecule has 0 aromatic rings. The van der Waals surface area contributed by atoms with Gasteiger partial charge < -0.3 is 34.6 Å². The van der Waals surface area contributed by atoms with Crippen LogP contribution in [0.3, 0.4) is 0 Å². The van der Waals surface area contributed by atoms with Crippen molar-refractivity contribution in [2.24, 2.45) is 0 Å². The average molecular weight is 248 g/mol. The van der Waals surface area contributed by atoms with Gasteiger partial charge in [-0.15, -0.1) is 0 Å². The molecular weight excluding hydrogens is 224 g/mol. The maximum absolute atomic E-state index is 9.02. The molecule has 0 spiro atoms. The smallest absolute Gasteiger partial charge is 0.412 e. The third-order valence-electron chi connectivity index (χ3n) is 0.967. The van der Waals surface area contributed by atoms with Crippen LogP contribution in [0, 0.1) is 0 Å². The lowest BCUT2D eigenvalue weighted by Crippen LogP contribution is -2.40.